The standard InChI is InChI=1S/C27H34N2O2SSi/c1-33(2,31)25-18-24(12-11-20-7-4-3-5-8-20)32-26(25)27(30)29-15-13-22(14-16-29)23-10-6-9-21(17-23)19-28/h3-10,17-18,22,31H,11-16,19,28H2,1-2H3. The van der Waals surface area contributed by atoms with Crippen molar-refractivity contribution in [1.29, 1.82) is 0 Å². The summed E-state index contributed by atoms with van der Waals surface area (Å²) < 4.78 is 0. The number of hydrogen-bond donors (Lipinski definition) is 2. The summed E-state index contributed by atoms with van der Waals surface area (Å²) in [5.41, 5.74) is 9.59. The molecule has 1 aliphatic heterocycles. The molecule has 1 amide bonds. The SMILES string of the molecule is C[Si](C)(O)c1cc(CCc2ccccc2)sc1C(=O)N1CCC(c2cccc(CN)c2)CC1. The number of rotatable bonds is 7. The van der Waals surface area contributed by atoms with E-state index in [0.29, 0.717) is 12.5 Å². The number of carbonyl (C=O) groups is 1. The Morgan fingerprint density at radius 1 is 1.03 bits per heavy atom. The monoisotopic (exact) mass is 478 g/mol. The predicted molar refractivity (Wildman–Crippen MR) is 140 cm³/mol. The molecule has 0 atom stereocenters. The highest BCUT2D eigenvalue weighted by molar-refractivity contribution is 7.16. The zero-order valence-corrected chi connectivity index (χ0v) is 21.4. The first kappa shape index (κ1) is 23.9. The number of piperidine rings is 1. The van der Waals surface area contributed by atoms with Crippen molar-refractivity contribution in [2.45, 2.75) is 51.2 Å². The second-order valence-electron chi connectivity index (χ2n) is 9.52. The van der Waals surface area contributed by atoms with Gasteiger partial charge in [0, 0.05) is 24.5 Å². The molecule has 0 radical (unpaired) electrons. The number of likely N-dealkylation sites (tertiary alicyclic amines) is 1. The van der Waals surface area contributed by atoms with Crippen molar-refractivity contribution in [1.82, 2.24) is 4.90 Å². The minimum absolute atomic E-state index is 0.0877. The first-order valence-corrected chi connectivity index (χ1v) is 15.6. The summed E-state index contributed by atoms with van der Waals surface area (Å²) >= 11 is 1.58. The molecule has 4 nitrogen and oxygen atoms in total. The van der Waals surface area contributed by atoms with E-state index in [1.807, 2.05) is 24.1 Å². The zero-order valence-electron chi connectivity index (χ0n) is 19.6. The number of benzene rings is 2. The highest BCUT2D eigenvalue weighted by Crippen LogP contribution is 2.30. The molecule has 3 N–H and O–H groups in total. The summed E-state index contributed by atoms with van der Waals surface area (Å²) in [7, 11) is -2.62. The van der Waals surface area contributed by atoms with Crippen LogP contribution in [0.3, 0.4) is 0 Å². The van der Waals surface area contributed by atoms with Gasteiger partial charge in [-0.05, 0) is 72.6 Å². The molecule has 0 saturated carbocycles. The lowest BCUT2D eigenvalue weighted by atomic mass is 9.88. The molecule has 1 aliphatic rings. The third kappa shape index (κ3) is 5.82. The van der Waals surface area contributed by atoms with Gasteiger partial charge in [-0.3, -0.25) is 4.79 Å². The van der Waals surface area contributed by atoms with Gasteiger partial charge >= 0.3 is 0 Å². The third-order valence-electron chi connectivity index (χ3n) is 6.58. The first-order chi connectivity index (χ1) is 15.8. The molecule has 174 valence electrons. The van der Waals surface area contributed by atoms with Crippen molar-refractivity contribution in [2.24, 2.45) is 5.73 Å². The Balaban J connectivity index is 1.46. The van der Waals surface area contributed by atoms with E-state index in [4.69, 9.17) is 5.73 Å². The van der Waals surface area contributed by atoms with Crippen LogP contribution in [0.2, 0.25) is 13.1 Å². The number of aryl methyl sites for hydroxylation is 2. The van der Waals surface area contributed by atoms with Crippen LogP contribution < -0.4 is 10.9 Å². The fraction of sp³-hybridized carbons (Fsp3) is 0.370. The van der Waals surface area contributed by atoms with E-state index in [-0.39, 0.29) is 5.91 Å². The van der Waals surface area contributed by atoms with Crippen molar-refractivity contribution in [3.63, 3.8) is 0 Å². The Kier molecular flexibility index (Phi) is 7.49. The number of nitrogens with zero attached hydrogens (tertiary/aromatic N) is 1. The van der Waals surface area contributed by atoms with Gasteiger partial charge in [0.1, 0.15) is 0 Å². The quantitative estimate of drug-likeness (QED) is 0.494. The van der Waals surface area contributed by atoms with E-state index >= 15 is 0 Å². The van der Waals surface area contributed by atoms with E-state index in [1.54, 1.807) is 11.3 Å². The van der Waals surface area contributed by atoms with Gasteiger partial charge in [-0.2, -0.15) is 0 Å². The second kappa shape index (κ2) is 10.3. The largest absolute Gasteiger partial charge is 0.428 e. The highest BCUT2D eigenvalue weighted by atomic mass is 32.1. The number of nitrogens with two attached hydrogens (primary N) is 1. The van der Waals surface area contributed by atoms with Crippen molar-refractivity contribution < 1.29 is 9.59 Å². The van der Waals surface area contributed by atoms with Crippen molar-refractivity contribution in [2.75, 3.05) is 13.1 Å². The number of thiophene rings is 1. The normalized spacial score (nSPS) is 15.1. The third-order valence-corrected chi connectivity index (χ3v) is 9.66. The van der Waals surface area contributed by atoms with Gasteiger partial charge in [0.2, 0.25) is 8.32 Å². The van der Waals surface area contributed by atoms with Gasteiger partial charge in [0.25, 0.3) is 5.91 Å². The fourth-order valence-corrected chi connectivity index (χ4v) is 7.85. The molecule has 1 aromatic heterocycles. The Morgan fingerprint density at radius 3 is 2.39 bits per heavy atom. The molecule has 1 fully saturated rings. The topological polar surface area (TPSA) is 66.6 Å². The molecule has 0 unspecified atom stereocenters. The Morgan fingerprint density at radius 2 is 1.73 bits per heavy atom. The lowest BCUT2D eigenvalue weighted by Crippen LogP contribution is -2.46. The van der Waals surface area contributed by atoms with Crippen LogP contribution in [0.5, 0.6) is 0 Å². The fourth-order valence-electron chi connectivity index (χ4n) is 4.62. The molecule has 6 heteroatoms. The second-order valence-corrected chi connectivity index (χ2v) is 14.3. The summed E-state index contributed by atoms with van der Waals surface area (Å²) in [5.74, 6) is 0.554. The Bertz CT molecular complexity index is 1080. The van der Waals surface area contributed by atoms with Gasteiger partial charge < -0.3 is 15.4 Å². The van der Waals surface area contributed by atoms with E-state index in [9.17, 15) is 9.59 Å². The summed E-state index contributed by atoms with van der Waals surface area (Å²) in [6.45, 7) is 5.87. The van der Waals surface area contributed by atoms with Gasteiger partial charge in [-0.1, -0.05) is 54.6 Å². The summed E-state index contributed by atoms with van der Waals surface area (Å²) in [5, 5.41) is 0.887. The summed E-state index contributed by atoms with van der Waals surface area (Å²) in [4.78, 5) is 28.4. The van der Waals surface area contributed by atoms with Crippen LogP contribution in [-0.4, -0.2) is 37.0 Å². The minimum Gasteiger partial charge on any atom is -0.428 e. The van der Waals surface area contributed by atoms with Crippen LogP contribution in [0.4, 0.5) is 0 Å². The molecule has 2 aromatic carbocycles. The van der Waals surface area contributed by atoms with Crippen LogP contribution in [-0.2, 0) is 19.4 Å². The van der Waals surface area contributed by atoms with E-state index < -0.39 is 8.32 Å². The van der Waals surface area contributed by atoms with Crippen LogP contribution in [0.25, 0.3) is 0 Å². The Hall–Kier alpha value is -2.25. The predicted octanol–water partition coefficient (Wildman–Crippen LogP) is 4.42. The molecule has 1 saturated heterocycles. The van der Waals surface area contributed by atoms with E-state index in [1.165, 1.54) is 16.0 Å². The van der Waals surface area contributed by atoms with Crippen LogP contribution in [0.1, 0.15) is 50.0 Å². The maximum atomic E-state index is 13.5. The molecule has 3 aromatic rings. The Labute approximate surface area is 202 Å². The van der Waals surface area contributed by atoms with Gasteiger partial charge in [-0.25, -0.2) is 0 Å². The molecular formula is C27H34N2O2SSi. The maximum Gasteiger partial charge on any atom is 0.263 e. The van der Waals surface area contributed by atoms with Crippen molar-refractivity contribution in [3.8, 4) is 0 Å². The molecule has 4 rings (SSSR count). The summed E-state index contributed by atoms with van der Waals surface area (Å²) in [6, 6.07) is 21.1. The van der Waals surface area contributed by atoms with Crippen molar-refractivity contribution in [3.05, 3.63) is 87.1 Å². The molecule has 0 spiro atoms. The zero-order chi connectivity index (χ0) is 23.4. The average molecular weight is 479 g/mol. The lowest BCUT2D eigenvalue weighted by molar-refractivity contribution is 0.0719. The number of amides is 1. The number of carbonyl (C=O) groups excluding carboxylic acids is 1. The summed E-state index contributed by atoms with van der Waals surface area (Å²) in [6.07, 6.45) is 3.75. The lowest BCUT2D eigenvalue weighted by Gasteiger charge is -2.32. The van der Waals surface area contributed by atoms with Gasteiger partial charge in [0.15, 0.2) is 0 Å². The molecular weight excluding hydrogens is 444 g/mol. The first-order valence-electron chi connectivity index (χ1n) is 11.8. The van der Waals surface area contributed by atoms with Gasteiger partial charge in [0.05, 0.1) is 4.88 Å². The molecule has 0 bridgehead atoms. The van der Waals surface area contributed by atoms with E-state index in [2.05, 4.69) is 54.6 Å². The van der Waals surface area contributed by atoms with Gasteiger partial charge in [-0.15, -0.1) is 11.3 Å². The molecule has 0 aliphatic carbocycles. The highest BCUT2D eigenvalue weighted by Gasteiger charge is 2.33. The minimum atomic E-state index is -2.62. The van der Waals surface area contributed by atoms with Crippen LogP contribution >= 0.6 is 11.3 Å². The van der Waals surface area contributed by atoms with Crippen molar-refractivity contribution >= 4 is 30.7 Å². The molecule has 33 heavy (non-hydrogen) atoms. The van der Waals surface area contributed by atoms with Crippen LogP contribution in [0, 0.1) is 0 Å². The van der Waals surface area contributed by atoms with Crippen LogP contribution in [0.15, 0.2) is 60.7 Å². The average Bonchev–Trinajstić information content (AvgIpc) is 3.28. The maximum absolute atomic E-state index is 13.5. The smallest absolute Gasteiger partial charge is 0.263 e. The van der Waals surface area contributed by atoms with E-state index in [0.717, 1.165) is 54.4 Å². The molecule has 2 heterocycles. The number of hydrogen-bond acceptors (Lipinski definition) is 4.